The number of rotatable bonds is 3. The first kappa shape index (κ1) is 12.8. The third-order valence-corrected chi connectivity index (χ3v) is 2.76. The Labute approximate surface area is 91.3 Å². The SMILES string of the molecule is COc1c(S(N)(=O)=O)ncc(C)c1C(F)F. The van der Waals surface area contributed by atoms with Crippen molar-refractivity contribution in [2.75, 3.05) is 7.11 Å². The molecule has 0 atom stereocenters. The third kappa shape index (κ3) is 2.27. The van der Waals surface area contributed by atoms with E-state index in [9.17, 15) is 17.2 Å². The number of halogens is 2. The Balaban J connectivity index is 3.62. The molecule has 0 amide bonds. The molecule has 0 saturated carbocycles. The predicted octanol–water partition coefficient (Wildman–Crippen LogP) is 0.984. The number of primary sulfonamides is 1. The molecule has 0 saturated heterocycles. The summed E-state index contributed by atoms with van der Waals surface area (Å²) in [6, 6.07) is 0. The summed E-state index contributed by atoms with van der Waals surface area (Å²) in [6.07, 6.45) is -1.84. The van der Waals surface area contributed by atoms with Crippen molar-refractivity contribution in [1.82, 2.24) is 4.98 Å². The zero-order valence-electron chi connectivity index (χ0n) is 8.57. The molecule has 0 unspecified atom stereocenters. The molecule has 0 aromatic carbocycles. The quantitative estimate of drug-likeness (QED) is 0.869. The largest absolute Gasteiger partial charge is 0.493 e. The van der Waals surface area contributed by atoms with Gasteiger partial charge in [-0.2, -0.15) is 0 Å². The van der Waals surface area contributed by atoms with Gasteiger partial charge in [0.25, 0.3) is 16.4 Å². The highest BCUT2D eigenvalue weighted by Gasteiger charge is 2.26. The molecular weight excluding hydrogens is 242 g/mol. The average Bonchev–Trinajstić information content (AvgIpc) is 2.14. The van der Waals surface area contributed by atoms with Crippen molar-refractivity contribution >= 4 is 10.0 Å². The Bertz CT molecular complexity index is 502. The molecule has 0 aliphatic rings. The summed E-state index contributed by atoms with van der Waals surface area (Å²) < 4.78 is 52.2. The molecule has 0 bridgehead atoms. The second kappa shape index (κ2) is 4.30. The Morgan fingerprint density at radius 2 is 2.06 bits per heavy atom. The maximum atomic E-state index is 12.7. The van der Waals surface area contributed by atoms with E-state index in [2.05, 4.69) is 9.72 Å². The molecule has 90 valence electrons. The maximum Gasteiger partial charge on any atom is 0.267 e. The molecule has 0 spiro atoms. The lowest BCUT2D eigenvalue weighted by molar-refractivity contribution is 0.145. The summed E-state index contributed by atoms with van der Waals surface area (Å²) >= 11 is 0. The summed E-state index contributed by atoms with van der Waals surface area (Å²) in [7, 11) is -3.11. The number of nitrogens with two attached hydrogens (primary N) is 1. The number of hydrogen-bond donors (Lipinski definition) is 1. The van der Waals surface area contributed by atoms with Crippen LogP contribution in [0.25, 0.3) is 0 Å². The van der Waals surface area contributed by atoms with Crippen LogP contribution in [0.2, 0.25) is 0 Å². The lowest BCUT2D eigenvalue weighted by Crippen LogP contribution is -2.16. The lowest BCUT2D eigenvalue weighted by Gasteiger charge is -2.12. The van der Waals surface area contributed by atoms with E-state index in [0.29, 0.717) is 0 Å². The summed E-state index contributed by atoms with van der Waals surface area (Å²) in [5.74, 6) is -0.502. The van der Waals surface area contributed by atoms with Gasteiger partial charge in [0.2, 0.25) is 5.03 Å². The van der Waals surface area contributed by atoms with E-state index in [-0.39, 0.29) is 5.56 Å². The van der Waals surface area contributed by atoms with Crippen molar-refractivity contribution in [3.63, 3.8) is 0 Å². The number of methoxy groups -OCH3 is 1. The molecule has 5 nitrogen and oxygen atoms in total. The highest BCUT2D eigenvalue weighted by atomic mass is 32.2. The Morgan fingerprint density at radius 3 is 2.44 bits per heavy atom. The van der Waals surface area contributed by atoms with Crippen LogP contribution >= 0.6 is 0 Å². The van der Waals surface area contributed by atoms with Gasteiger partial charge in [0, 0.05) is 6.20 Å². The van der Waals surface area contributed by atoms with Crippen molar-refractivity contribution in [2.45, 2.75) is 18.4 Å². The van der Waals surface area contributed by atoms with Crippen LogP contribution in [-0.4, -0.2) is 20.5 Å². The fourth-order valence-electron chi connectivity index (χ4n) is 1.25. The van der Waals surface area contributed by atoms with Gasteiger partial charge in [-0.25, -0.2) is 27.3 Å². The topological polar surface area (TPSA) is 82.3 Å². The molecule has 1 heterocycles. The van der Waals surface area contributed by atoms with Crippen LogP contribution < -0.4 is 9.88 Å². The first-order chi connectivity index (χ1) is 7.29. The second-order valence-corrected chi connectivity index (χ2v) is 4.52. The predicted molar refractivity (Wildman–Crippen MR) is 51.9 cm³/mol. The van der Waals surface area contributed by atoms with Gasteiger partial charge in [0.1, 0.15) is 0 Å². The van der Waals surface area contributed by atoms with Gasteiger partial charge in [0.15, 0.2) is 5.75 Å². The third-order valence-electron chi connectivity index (χ3n) is 1.93. The van der Waals surface area contributed by atoms with Gasteiger partial charge in [-0.3, -0.25) is 0 Å². The number of aromatic nitrogens is 1. The van der Waals surface area contributed by atoms with Crippen molar-refractivity contribution in [3.05, 3.63) is 17.3 Å². The van der Waals surface area contributed by atoms with E-state index < -0.39 is 32.8 Å². The summed E-state index contributed by atoms with van der Waals surface area (Å²) in [6.45, 7) is 1.38. The van der Waals surface area contributed by atoms with Crippen LogP contribution in [0.4, 0.5) is 8.78 Å². The zero-order chi connectivity index (χ0) is 12.5. The number of nitrogens with zero attached hydrogens (tertiary/aromatic N) is 1. The van der Waals surface area contributed by atoms with E-state index in [1.54, 1.807) is 0 Å². The Morgan fingerprint density at radius 1 is 1.50 bits per heavy atom. The van der Waals surface area contributed by atoms with Crippen molar-refractivity contribution in [1.29, 1.82) is 0 Å². The molecule has 16 heavy (non-hydrogen) atoms. The zero-order valence-corrected chi connectivity index (χ0v) is 9.38. The molecule has 0 aliphatic heterocycles. The standard InChI is InChI=1S/C8H10F2N2O3S/c1-4-3-12-8(16(11,13)14)6(15-2)5(4)7(9)10/h3,7H,1-2H3,(H2,11,13,14). The molecule has 1 rings (SSSR count). The minimum Gasteiger partial charge on any atom is -0.493 e. The number of sulfonamides is 1. The number of alkyl halides is 2. The van der Waals surface area contributed by atoms with Crippen LogP contribution in [0, 0.1) is 6.92 Å². The second-order valence-electron chi connectivity index (χ2n) is 3.04. The highest BCUT2D eigenvalue weighted by Crippen LogP contribution is 2.35. The minimum absolute atomic E-state index is 0.138. The van der Waals surface area contributed by atoms with E-state index in [1.165, 1.54) is 6.92 Å². The van der Waals surface area contributed by atoms with Gasteiger partial charge in [0.05, 0.1) is 12.7 Å². The molecule has 0 aliphatic carbocycles. The van der Waals surface area contributed by atoms with Crippen LogP contribution in [0.15, 0.2) is 11.2 Å². The molecule has 0 fully saturated rings. The molecule has 1 aromatic rings. The summed E-state index contributed by atoms with van der Waals surface area (Å²) in [5.41, 5.74) is -0.374. The fraction of sp³-hybridized carbons (Fsp3) is 0.375. The monoisotopic (exact) mass is 252 g/mol. The van der Waals surface area contributed by atoms with Crippen molar-refractivity contribution < 1.29 is 21.9 Å². The Hall–Kier alpha value is -1.28. The van der Waals surface area contributed by atoms with E-state index in [4.69, 9.17) is 5.14 Å². The molecular formula is C8H10F2N2O3S. The van der Waals surface area contributed by atoms with Crippen molar-refractivity contribution in [3.8, 4) is 5.75 Å². The number of ether oxygens (including phenoxy) is 1. The van der Waals surface area contributed by atoms with Crippen LogP contribution in [0.3, 0.4) is 0 Å². The summed E-state index contributed by atoms with van der Waals surface area (Å²) in [5, 5.41) is 4.15. The molecule has 0 radical (unpaired) electrons. The minimum atomic E-state index is -4.19. The van der Waals surface area contributed by atoms with Gasteiger partial charge in [-0.05, 0) is 12.5 Å². The fourth-order valence-corrected chi connectivity index (χ4v) is 1.90. The van der Waals surface area contributed by atoms with Crippen LogP contribution in [0.5, 0.6) is 5.75 Å². The number of aryl methyl sites for hydroxylation is 1. The first-order valence-corrected chi connectivity index (χ1v) is 5.68. The lowest BCUT2D eigenvalue weighted by atomic mass is 10.1. The average molecular weight is 252 g/mol. The smallest absolute Gasteiger partial charge is 0.267 e. The number of pyridine rings is 1. The molecule has 8 heteroatoms. The number of hydrogen-bond acceptors (Lipinski definition) is 4. The van der Waals surface area contributed by atoms with E-state index in [0.717, 1.165) is 13.3 Å². The van der Waals surface area contributed by atoms with Crippen molar-refractivity contribution in [2.24, 2.45) is 5.14 Å². The molecule has 1 aromatic heterocycles. The highest BCUT2D eigenvalue weighted by molar-refractivity contribution is 7.89. The van der Waals surface area contributed by atoms with Crippen LogP contribution in [-0.2, 0) is 10.0 Å². The summed E-state index contributed by atoms with van der Waals surface area (Å²) in [4.78, 5) is 3.49. The van der Waals surface area contributed by atoms with E-state index in [1.807, 2.05) is 0 Å². The van der Waals surface area contributed by atoms with Gasteiger partial charge in [-0.15, -0.1) is 0 Å². The van der Waals surface area contributed by atoms with Gasteiger partial charge in [-0.1, -0.05) is 0 Å². The van der Waals surface area contributed by atoms with Gasteiger partial charge >= 0.3 is 0 Å². The maximum absolute atomic E-state index is 12.7. The van der Waals surface area contributed by atoms with Crippen LogP contribution in [0.1, 0.15) is 17.6 Å². The first-order valence-electron chi connectivity index (χ1n) is 4.13. The molecule has 2 N–H and O–H groups in total. The normalized spacial score (nSPS) is 11.9. The Kier molecular flexibility index (Phi) is 3.44. The van der Waals surface area contributed by atoms with Gasteiger partial charge < -0.3 is 4.74 Å². The van der Waals surface area contributed by atoms with E-state index >= 15 is 0 Å².